The fraction of sp³-hybridized carbons (Fsp3) is 0.469. The summed E-state index contributed by atoms with van der Waals surface area (Å²) in [6.45, 7) is 0. The van der Waals surface area contributed by atoms with Crippen LogP contribution in [0.25, 0.3) is 21.8 Å². The summed E-state index contributed by atoms with van der Waals surface area (Å²) in [6, 6.07) is 12.3. The molecule has 2 atom stereocenters. The monoisotopic (exact) mass is 553 g/mol. The van der Waals surface area contributed by atoms with Crippen molar-refractivity contribution >= 4 is 50.7 Å². The van der Waals surface area contributed by atoms with Crippen molar-refractivity contribution < 1.29 is 4.39 Å². The molecule has 1 aliphatic rings. The molecular weight excluding hydrogens is 516 g/mol. The van der Waals surface area contributed by atoms with Crippen LogP contribution in [0.4, 0.5) is 10.1 Å². The fourth-order valence-corrected chi connectivity index (χ4v) is 6.42. The van der Waals surface area contributed by atoms with Crippen molar-refractivity contribution in [1.29, 1.82) is 0 Å². The molecule has 1 aliphatic carbocycles. The summed E-state index contributed by atoms with van der Waals surface area (Å²) in [5, 5.41) is 6.85. The van der Waals surface area contributed by atoms with Gasteiger partial charge in [0.05, 0.1) is 21.2 Å². The molecule has 0 aliphatic heterocycles. The fourth-order valence-electron chi connectivity index (χ4n) is 6.05. The molecule has 202 valence electrons. The molecule has 2 aromatic carbocycles. The number of nitrogens with one attached hydrogen (secondary N) is 2. The quantitative estimate of drug-likeness (QED) is 0.263. The SMILES string of the molecule is Fc1cc2[nH]cc(Cl)c2cc1NC1CCCCCCCCC(Cc2ccc3ncc(Cl)cc3c2)CCCC1. The first kappa shape index (κ1) is 27.3. The minimum absolute atomic E-state index is 0.220. The maximum atomic E-state index is 14.9. The Morgan fingerprint density at radius 3 is 2.39 bits per heavy atom. The first-order valence-corrected chi connectivity index (χ1v) is 15.1. The molecule has 2 heterocycles. The van der Waals surface area contributed by atoms with Crippen molar-refractivity contribution in [2.75, 3.05) is 5.32 Å². The van der Waals surface area contributed by atoms with E-state index >= 15 is 0 Å². The summed E-state index contributed by atoms with van der Waals surface area (Å²) in [6.07, 6.45) is 19.2. The van der Waals surface area contributed by atoms with Crippen molar-refractivity contribution in [3.05, 3.63) is 70.2 Å². The van der Waals surface area contributed by atoms with Crippen LogP contribution in [0.15, 0.2) is 48.8 Å². The first-order chi connectivity index (χ1) is 18.5. The van der Waals surface area contributed by atoms with E-state index in [0.717, 1.165) is 47.5 Å². The molecule has 0 saturated heterocycles. The zero-order valence-corrected chi connectivity index (χ0v) is 23.6. The number of aromatic amines is 1. The number of nitrogens with zero attached hydrogens (tertiary/aromatic N) is 1. The number of fused-ring (bicyclic) bond motifs is 2. The Morgan fingerprint density at radius 2 is 1.58 bits per heavy atom. The van der Waals surface area contributed by atoms with Gasteiger partial charge >= 0.3 is 0 Å². The van der Waals surface area contributed by atoms with Gasteiger partial charge in [0.1, 0.15) is 5.82 Å². The van der Waals surface area contributed by atoms with Gasteiger partial charge in [0.2, 0.25) is 0 Å². The van der Waals surface area contributed by atoms with E-state index in [2.05, 4.69) is 33.5 Å². The number of pyridine rings is 1. The van der Waals surface area contributed by atoms with Gasteiger partial charge in [0, 0.05) is 40.8 Å². The molecule has 0 bridgehead atoms. The van der Waals surface area contributed by atoms with Crippen LogP contribution in [-0.4, -0.2) is 16.0 Å². The van der Waals surface area contributed by atoms with E-state index < -0.39 is 0 Å². The molecule has 0 spiro atoms. The van der Waals surface area contributed by atoms with Gasteiger partial charge in [0.25, 0.3) is 0 Å². The molecule has 2 unspecified atom stereocenters. The molecule has 5 rings (SSSR count). The molecule has 0 amide bonds. The molecule has 3 nitrogen and oxygen atoms in total. The highest BCUT2D eigenvalue weighted by molar-refractivity contribution is 6.35. The molecule has 0 radical (unpaired) electrons. The lowest BCUT2D eigenvalue weighted by molar-refractivity contribution is 0.391. The maximum Gasteiger partial charge on any atom is 0.148 e. The van der Waals surface area contributed by atoms with Crippen LogP contribution in [0.5, 0.6) is 0 Å². The molecule has 38 heavy (non-hydrogen) atoms. The van der Waals surface area contributed by atoms with Gasteiger partial charge in [-0.05, 0) is 55.0 Å². The van der Waals surface area contributed by atoms with Crippen LogP contribution >= 0.6 is 23.2 Å². The normalized spacial score (nSPS) is 20.4. The van der Waals surface area contributed by atoms with Gasteiger partial charge in [-0.2, -0.15) is 0 Å². The van der Waals surface area contributed by atoms with Crippen LogP contribution in [-0.2, 0) is 6.42 Å². The van der Waals surface area contributed by atoms with Crippen molar-refractivity contribution in [3.8, 4) is 0 Å². The first-order valence-electron chi connectivity index (χ1n) is 14.3. The molecule has 4 aromatic rings. The van der Waals surface area contributed by atoms with E-state index in [1.54, 1.807) is 18.5 Å². The number of rotatable bonds is 4. The molecular formula is C32H38Cl2FN3. The van der Waals surface area contributed by atoms with E-state index in [-0.39, 0.29) is 11.9 Å². The lowest BCUT2D eigenvalue weighted by Crippen LogP contribution is -2.20. The topological polar surface area (TPSA) is 40.7 Å². The second-order valence-electron chi connectivity index (χ2n) is 11.1. The number of benzene rings is 2. The molecule has 1 saturated carbocycles. The van der Waals surface area contributed by atoms with Gasteiger partial charge in [0.15, 0.2) is 0 Å². The van der Waals surface area contributed by atoms with Gasteiger partial charge in [-0.3, -0.25) is 4.98 Å². The number of anilines is 1. The summed E-state index contributed by atoms with van der Waals surface area (Å²) in [7, 11) is 0. The predicted octanol–water partition coefficient (Wildman–Crippen LogP) is 10.5. The highest BCUT2D eigenvalue weighted by Gasteiger charge is 2.16. The Labute approximate surface area is 235 Å². The van der Waals surface area contributed by atoms with Crippen molar-refractivity contribution in [2.45, 2.75) is 89.5 Å². The van der Waals surface area contributed by atoms with Crippen molar-refractivity contribution in [2.24, 2.45) is 5.92 Å². The van der Waals surface area contributed by atoms with E-state index in [1.807, 2.05) is 12.1 Å². The summed E-state index contributed by atoms with van der Waals surface area (Å²) in [4.78, 5) is 7.48. The highest BCUT2D eigenvalue weighted by atomic mass is 35.5. The summed E-state index contributed by atoms with van der Waals surface area (Å²) >= 11 is 12.5. The number of aromatic nitrogens is 2. The standard InChI is InChI=1S/C32H38Cl2FN3/c33-25-17-24-16-23(13-14-30(24)36-20-25)15-22-9-5-3-1-2-4-6-11-26(12-8-7-10-22)38-32-18-27-28(34)21-37-31(27)19-29(32)35/h13-14,16-22,26,37-38H,1-12,15H2. The van der Waals surface area contributed by atoms with Crippen molar-refractivity contribution in [1.82, 2.24) is 9.97 Å². The summed E-state index contributed by atoms with van der Waals surface area (Å²) < 4.78 is 14.9. The third kappa shape index (κ3) is 7.21. The van der Waals surface area contributed by atoms with Crippen LogP contribution in [0.2, 0.25) is 10.0 Å². The van der Waals surface area contributed by atoms with Gasteiger partial charge in [-0.15, -0.1) is 0 Å². The molecule has 2 N–H and O–H groups in total. The Balaban J connectivity index is 1.23. The second kappa shape index (κ2) is 13.2. The lowest BCUT2D eigenvalue weighted by Gasteiger charge is -2.22. The van der Waals surface area contributed by atoms with Crippen molar-refractivity contribution in [3.63, 3.8) is 0 Å². The van der Waals surface area contributed by atoms with Crippen LogP contribution in [0.3, 0.4) is 0 Å². The van der Waals surface area contributed by atoms with E-state index in [0.29, 0.717) is 21.7 Å². The van der Waals surface area contributed by atoms with Crippen LogP contribution in [0.1, 0.15) is 82.6 Å². The average Bonchev–Trinajstić information content (AvgIpc) is 3.26. The minimum Gasteiger partial charge on any atom is -0.380 e. The largest absolute Gasteiger partial charge is 0.380 e. The predicted molar refractivity (Wildman–Crippen MR) is 160 cm³/mol. The van der Waals surface area contributed by atoms with E-state index in [9.17, 15) is 4.39 Å². The summed E-state index contributed by atoms with van der Waals surface area (Å²) in [5.74, 6) is 0.465. The zero-order chi connectivity index (χ0) is 26.3. The molecule has 1 fully saturated rings. The van der Waals surface area contributed by atoms with Crippen LogP contribution in [0, 0.1) is 11.7 Å². The van der Waals surface area contributed by atoms with Gasteiger partial charge in [-0.25, -0.2) is 4.39 Å². The summed E-state index contributed by atoms with van der Waals surface area (Å²) in [5.41, 5.74) is 3.67. The highest BCUT2D eigenvalue weighted by Crippen LogP contribution is 2.31. The third-order valence-electron chi connectivity index (χ3n) is 8.15. The Kier molecular flexibility index (Phi) is 9.45. The number of hydrogen-bond acceptors (Lipinski definition) is 2. The zero-order valence-electron chi connectivity index (χ0n) is 22.0. The smallest absolute Gasteiger partial charge is 0.148 e. The van der Waals surface area contributed by atoms with E-state index in [4.69, 9.17) is 23.2 Å². The number of H-pyrrole nitrogens is 1. The number of hydrogen-bond donors (Lipinski definition) is 2. The lowest BCUT2D eigenvalue weighted by atomic mass is 9.87. The minimum atomic E-state index is -0.220. The number of halogens is 3. The Bertz CT molecular complexity index is 1350. The van der Waals surface area contributed by atoms with E-state index in [1.165, 1.54) is 63.4 Å². The van der Waals surface area contributed by atoms with Crippen LogP contribution < -0.4 is 5.32 Å². The average molecular weight is 555 g/mol. The Hall–Kier alpha value is -2.30. The molecule has 6 heteroatoms. The molecule has 2 aromatic heterocycles. The van der Waals surface area contributed by atoms with Gasteiger partial charge < -0.3 is 10.3 Å². The van der Waals surface area contributed by atoms with Gasteiger partial charge in [-0.1, -0.05) is 93.5 Å². The third-order valence-corrected chi connectivity index (χ3v) is 8.66. The maximum absolute atomic E-state index is 14.9. The second-order valence-corrected chi connectivity index (χ2v) is 11.9. The Morgan fingerprint density at radius 1 is 0.868 bits per heavy atom.